The van der Waals surface area contributed by atoms with Gasteiger partial charge in [-0.15, -0.1) is 32.9 Å². The van der Waals surface area contributed by atoms with E-state index in [1.54, 1.807) is 40.2 Å². The van der Waals surface area contributed by atoms with E-state index in [4.69, 9.17) is 0 Å². The smallest absolute Gasteiger partial charge is 0.306 e. The van der Waals surface area contributed by atoms with Crippen LogP contribution in [0.15, 0.2) is 49.1 Å². The molecule has 0 unspecified atom stereocenters. The van der Waals surface area contributed by atoms with Crippen molar-refractivity contribution in [1.82, 2.24) is 44.0 Å². The molecule has 2 aliphatic carbocycles. The number of rotatable bonds is 6. The number of amides is 1. The van der Waals surface area contributed by atoms with Crippen LogP contribution < -0.4 is 10.6 Å². The van der Waals surface area contributed by atoms with E-state index in [-0.39, 0.29) is 23.8 Å². The van der Waals surface area contributed by atoms with Gasteiger partial charge in [-0.2, -0.15) is 0 Å². The van der Waals surface area contributed by atoms with E-state index in [0.29, 0.717) is 25.9 Å². The fraction of sp³-hybridized carbons (Fsp3) is 0.297. The number of carboxylic acids is 1. The van der Waals surface area contributed by atoms with Gasteiger partial charge in [-0.1, -0.05) is 8.98 Å². The first-order chi connectivity index (χ1) is 27.3. The first kappa shape index (κ1) is 35.1. The van der Waals surface area contributed by atoms with Gasteiger partial charge in [0.2, 0.25) is 5.91 Å². The number of aliphatic hydroxyl groups excluding tert-OH is 1. The third-order valence-electron chi connectivity index (χ3n) is 10.6. The van der Waals surface area contributed by atoms with Crippen molar-refractivity contribution in [3.05, 3.63) is 69.9 Å². The molecule has 6 aromatic heterocycles. The zero-order valence-electron chi connectivity index (χ0n) is 29.4. The largest absolute Gasteiger partial charge is 0.481 e. The molecule has 3 aliphatic rings. The summed E-state index contributed by atoms with van der Waals surface area (Å²) in [6.07, 6.45) is 7.13. The van der Waals surface area contributed by atoms with Crippen molar-refractivity contribution in [2.45, 2.75) is 44.6 Å². The van der Waals surface area contributed by atoms with Crippen molar-refractivity contribution in [2.24, 2.45) is 11.8 Å². The van der Waals surface area contributed by atoms with Gasteiger partial charge in [0, 0.05) is 40.1 Å². The summed E-state index contributed by atoms with van der Waals surface area (Å²) in [5, 5.41) is 35.9. The van der Waals surface area contributed by atoms with Crippen LogP contribution in [-0.2, 0) is 35.3 Å². The molecular formula is C37H31N11O4S4. The number of carbonyl (C=O) groups is 2. The molecule has 2 atom stereocenters. The minimum atomic E-state index is -0.719. The highest BCUT2D eigenvalue weighted by Crippen LogP contribution is 2.42. The Morgan fingerprint density at radius 2 is 1.23 bits per heavy atom. The monoisotopic (exact) mass is 821 g/mol. The lowest BCUT2D eigenvalue weighted by atomic mass is 9.86. The predicted molar refractivity (Wildman–Crippen MR) is 217 cm³/mol. The second-order valence-corrected chi connectivity index (χ2v) is 17.8. The lowest BCUT2D eigenvalue weighted by molar-refractivity contribution is -0.146. The van der Waals surface area contributed by atoms with Gasteiger partial charge in [0.05, 0.1) is 32.2 Å². The minimum absolute atomic E-state index is 0.0105. The SMILES string of the molecule is O=C(O)[C@H]1CCc2c(sc3ncnc(Nc4ccc5nnsc5c4)c23)C1.O=C([C@H]1CCc2c(sc3ncnc(Nc4ccc5nnsc5c4)c23)C1)N1CC(O)C1. The Balaban J connectivity index is 0.000000139. The number of aliphatic hydroxyl groups is 1. The maximum atomic E-state index is 12.7. The van der Waals surface area contributed by atoms with E-state index < -0.39 is 5.97 Å². The summed E-state index contributed by atoms with van der Waals surface area (Å²) < 4.78 is 9.99. The summed E-state index contributed by atoms with van der Waals surface area (Å²) >= 11 is 5.96. The summed E-state index contributed by atoms with van der Waals surface area (Å²) in [7, 11) is 0. The van der Waals surface area contributed by atoms with E-state index in [0.717, 1.165) is 94.4 Å². The van der Waals surface area contributed by atoms with E-state index in [1.807, 2.05) is 36.4 Å². The van der Waals surface area contributed by atoms with Crippen LogP contribution in [0.2, 0.25) is 0 Å². The summed E-state index contributed by atoms with van der Waals surface area (Å²) in [5.41, 5.74) is 6.06. The van der Waals surface area contributed by atoms with Gasteiger partial charge < -0.3 is 25.7 Å². The summed E-state index contributed by atoms with van der Waals surface area (Å²) in [6.45, 7) is 0.932. The van der Waals surface area contributed by atoms with Crippen LogP contribution in [0.3, 0.4) is 0 Å². The van der Waals surface area contributed by atoms with Crippen molar-refractivity contribution < 1.29 is 19.8 Å². The highest BCUT2D eigenvalue weighted by atomic mass is 32.1. The Hall–Kier alpha value is -5.34. The highest BCUT2D eigenvalue weighted by Gasteiger charge is 2.36. The number of aliphatic carboxylic acids is 1. The molecule has 0 radical (unpaired) electrons. The maximum Gasteiger partial charge on any atom is 0.306 e. The lowest BCUT2D eigenvalue weighted by Gasteiger charge is -2.38. The van der Waals surface area contributed by atoms with Crippen LogP contribution in [-0.4, -0.2) is 85.3 Å². The molecular weight excluding hydrogens is 791 g/mol. The topological polar surface area (TPSA) is 205 Å². The zero-order chi connectivity index (χ0) is 37.9. The summed E-state index contributed by atoms with van der Waals surface area (Å²) in [5.74, 6) is 0.691. The van der Waals surface area contributed by atoms with Crippen molar-refractivity contribution in [1.29, 1.82) is 0 Å². The Labute approximate surface area is 333 Å². The van der Waals surface area contributed by atoms with Crippen LogP contribution in [0.4, 0.5) is 23.0 Å². The molecule has 2 aromatic carbocycles. The minimum Gasteiger partial charge on any atom is -0.481 e. The fourth-order valence-corrected chi connectivity index (χ4v) is 11.4. The van der Waals surface area contributed by atoms with Gasteiger partial charge in [-0.3, -0.25) is 9.59 Å². The number of hydrogen-bond acceptors (Lipinski definition) is 17. The Kier molecular flexibility index (Phi) is 8.97. The number of likely N-dealkylation sites (tertiary alicyclic amines) is 1. The Morgan fingerprint density at radius 3 is 1.75 bits per heavy atom. The molecule has 0 spiro atoms. The van der Waals surface area contributed by atoms with Gasteiger partial charge in [-0.25, -0.2) is 19.9 Å². The first-order valence-corrected chi connectivity index (χ1v) is 21.2. The maximum absolute atomic E-state index is 12.7. The number of aromatic nitrogens is 8. The number of aryl methyl sites for hydroxylation is 2. The van der Waals surface area contributed by atoms with Gasteiger partial charge in [0.15, 0.2) is 0 Å². The molecule has 8 aromatic rings. The summed E-state index contributed by atoms with van der Waals surface area (Å²) in [4.78, 5) is 47.9. The molecule has 0 saturated carbocycles. The molecule has 4 N–H and O–H groups in total. The van der Waals surface area contributed by atoms with Crippen molar-refractivity contribution >= 4 is 121 Å². The number of thiophene rings is 2. The van der Waals surface area contributed by atoms with E-state index in [2.05, 4.69) is 49.7 Å². The molecule has 1 aliphatic heterocycles. The highest BCUT2D eigenvalue weighted by molar-refractivity contribution is 7.19. The van der Waals surface area contributed by atoms with Crippen LogP contribution in [0.25, 0.3) is 40.9 Å². The molecule has 7 heterocycles. The van der Waals surface area contributed by atoms with E-state index in [9.17, 15) is 19.8 Å². The van der Waals surface area contributed by atoms with Gasteiger partial charge >= 0.3 is 5.97 Å². The first-order valence-electron chi connectivity index (χ1n) is 18.0. The average Bonchev–Trinajstić information content (AvgIpc) is 4.00. The quantitative estimate of drug-likeness (QED) is 0.144. The van der Waals surface area contributed by atoms with Gasteiger partial charge in [-0.05, 0) is 109 Å². The normalized spacial score (nSPS) is 18.0. The van der Waals surface area contributed by atoms with Crippen molar-refractivity contribution in [3.63, 3.8) is 0 Å². The Bertz CT molecular complexity index is 2810. The third kappa shape index (κ3) is 6.47. The molecule has 1 saturated heterocycles. The number of benzene rings is 2. The number of carboxylic acid groups (broad SMARTS) is 1. The van der Waals surface area contributed by atoms with E-state index in [1.165, 1.54) is 39.1 Å². The van der Waals surface area contributed by atoms with Crippen molar-refractivity contribution in [2.75, 3.05) is 23.7 Å². The van der Waals surface area contributed by atoms with Crippen LogP contribution >= 0.6 is 45.7 Å². The number of fused-ring (bicyclic) bond motifs is 8. The van der Waals surface area contributed by atoms with Gasteiger partial charge in [0.1, 0.15) is 45.0 Å². The third-order valence-corrected chi connectivity index (χ3v) is 14.3. The Morgan fingerprint density at radius 1 is 0.714 bits per heavy atom. The molecule has 282 valence electrons. The zero-order valence-corrected chi connectivity index (χ0v) is 32.6. The molecule has 56 heavy (non-hydrogen) atoms. The average molecular weight is 822 g/mol. The van der Waals surface area contributed by atoms with Crippen molar-refractivity contribution in [3.8, 4) is 0 Å². The second kappa shape index (κ2) is 14.3. The number of carbonyl (C=O) groups excluding carboxylic acids is 1. The molecule has 1 fully saturated rings. The number of hydrogen-bond donors (Lipinski definition) is 4. The number of anilines is 4. The fourth-order valence-electron chi connectivity index (χ4n) is 7.71. The van der Waals surface area contributed by atoms with Crippen LogP contribution in [0.1, 0.15) is 33.7 Å². The van der Waals surface area contributed by atoms with Crippen LogP contribution in [0.5, 0.6) is 0 Å². The lowest BCUT2D eigenvalue weighted by Crippen LogP contribution is -2.55. The molecule has 1 amide bonds. The molecule has 15 nitrogen and oxygen atoms in total. The van der Waals surface area contributed by atoms with Gasteiger partial charge in [0.25, 0.3) is 0 Å². The molecule has 0 bridgehead atoms. The van der Waals surface area contributed by atoms with Crippen LogP contribution in [0, 0.1) is 11.8 Å². The summed E-state index contributed by atoms with van der Waals surface area (Å²) in [6, 6.07) is 11.9. The number of nitrogens with zero attached hydrogens (tertiary/aromatic N) is 9. The molecule has 19 heteroatoms. The number of nitrogens with one attached hydrogen (secondary N) is 2. The van der Waals surface area contributed by atoms with E-state index >= 15 is 0 Å². The predicted octanol–water partition coefficient (Wildman–Crippen LogP) is 6.38. The standard InChI is InChI=1S/C20H18N6O2S2.C17H13N5O2S2/c27-12-7-26(8-12)20(28)10-1-3-13-15(5-10)29-19-17(13)18(21-9-22-19)23-11-2-4-14-16(6-11)30-25-24-14;23-17(24)8-1-3-10-12(5-8)25-16-14(10)15(18-7-19-16)20-9-2-4-11-13(6-9)26-22-21-11/h2,4,6,9-10,12,27H,1,3,5,7-8H2,(H,21,22,23);2,4,6-8H,1,3,5H2,(H,23,24)(H,18,19,20)/t10-;8-/m00/s1. The number of β-amino-alcohol motifs (C(OH)–C–C–N with tert-alkyl or cyclic N) is 1. The molecule has 11 rings (SSSR count). The second-order valence-electron chi connectivity index (χ2n) is 14.1.